The van der Waals surface area contributed by atoms with Gasteiger partial charge in [-0.2, -0.15) is 0 Å². The molecule has 1 saturated heterocycles. The summed E-state index contributed by atoms with van der Waals surface area (Å²) < 4.78 is 0. The minimum Gasteiger partial charge on any atom is -0.312 e. The maximum Gasteiger partial charge on any atom is 0.269 e. The average molecular weight is 219 g/mol. The fourth-order valence-corrected chi connectivity index (χ4v) is 1.71. The Bertz CT molecular complexity index is 414. The van der Waals surface area contributed by atoms with Crippen molar-refractivity contribution < 1.29 is 9.72 Å². The molecule has 0 unspecified atom stereocenters. The summed E-state index contributed by atoms with van der Waals surface area (Å²) in [6.07, 6.45) is 3.38. The fourth-order valence-electron chi connectivity index (χ4n) is 1.71. The highest BCUT2D eigenvalue weighted by molar-refractivity contribution is 6.00. The van der Waals surface area contributed by atoms with Gasteiger partial charge in [0.2, 0.25) is 5.91 Å². The minimum absolute atomic E-state index is 0.0277. The van der Waals surface area contributed by atoms with Crippen LogP contribution in [-0.4, -0.2) is 17.4 Å². The van der Waals surface area contributed by atoms with Gasteiger partial charge in [-0.05, 0) is 25.0 Å². The number of anilines is 1. The van der Waals surface area contributed by atoms with Crippen LogP contribution in [0, 0.1) is 16.5 Å². The zero-order valence-corrected chi connectivity index (χ0v) is 8.63. The molecule has 1 aromatic rings. The van der Waals surface area contributed by atoms with Crippen LogP contribution in [0.5, 0.6) is 0 Å². The van der Waals surface area contributed by atoms with Crippen molar-refractivity contribution in [2.75, 3.05) is 11.4 Å². The molecule has 1 aromatic carbocycles. The molecule has 0 saturated carbocycles. The second kappa shape index (κ2) is 4.30. The lowest BCUT2D eigenvalue weighted by molar-refractivity contribution is -0.384. The third kappa shape index (κ3) is 2.03. The monoisotopic (exact) mass is 219 g/mol. The average Bonchev–Trinajstić information content (AvgIpc) is 2.30. The van der Waals surface area contributed by atoms with Gasteiger partial charge in [-0.15, -0.1) is 0 Å². The Kier molecular flexibility index (Phi) is 2.85. The topological polar surface area (TPSA) is 63.5 Å². The van der Waals surface area contributed by atoms with E-state index in [0.29, 0.717) is 12.2 Å². The summed E-state index contributed by atoms with van der Waals surface area (Å²) >= 11 is 0. The molecule has 1 aliphatic rings. The van der Waals surface area contributed by atoms with Crippen molar-refractivity contribution in [2.45, 2.75) is 12.8 Å². The fraction of sp³-hybridized carbons (Fsp3) is 0.273. The molecule has 0 atom stereocenters. The lowest BCUT2D eigenvalue weighted by atomic mass is 10.1. The molecule has 5 nitrogen and oxygen atoms in total. The molecule has 5 heteroatoms. The minimum atomic E-state index is -0.450. The highest BCUT2D eigenvalue weighted by atomic mass is 16.6. The molecule has 0 spiro atoms. The molecule has 1 aliphatic heterocycles. The molecule has 0 aromatic heterocycles. The van der Waals surface area contributed by atoms with Gasteiger partial charge in [-0.1, -0.05) is 0 Å². The summed E-state index contributed by atoms with van der Waals surface area (Å²) in [5.41, 5.74) is 0.753. The van der Waals surface area contributed by atoms with E-state index in [-0.39, 0.29) is 11.6 Å². The van der Waals surface area contributed by atoms with Gasteiger partial charge in [0.25, 0.3) is 5.69 Å². The van der Waals surface area contributed by atoms with Crippen molar-refractivity contribution in [3.05, 3.63) is 40.8 Å². The highest BCUT2D eigenvalue weighted by Crippen LogP contribution is 2.22. The van der Waals surface area contributed by atoms with Gasteiger partial charge < -0.3 is 4.90 Å². The largest absolute Gasteiger partial charge is 0.312 e. The normalized spacial score (nSPS) is 16.2. The summed E-state index contributed by atoms with van der Waals surface area (Å²) in [4.78, 5) is 23.2. The first-order valence-electron chi connectivity index (χ1n) is 5.07. The number of piperidine rings is 1. The quantitative estimate of drug-likeness (QED) is 0.564. The van der Waals surface area contributed by atoms with Crippen LogP contribution in [0.1, 0.15) is 12.8 Å². The third-order valence-electron chi connectivity index (χ3n) is 2.54. The SMILES string of the molecule is O=C1[CH]CCCN1c1ccc([N+](=O)[O-])cc1. The molecule has 83 valence electrons. The van der Waals surface area contributed by atoms with Crippen LogP contribution < -0.4 is 4.90 Å². The van der Waals surface area contributed by atoms with E-state index in [1.807, 2.05) is 0 Å². The Morgan fingerprint density at radius 1 is 1.25 bits per heavy atom. The van der Waals surface area contributed by atoms with Crippen LogP contribution in [-0.2, 0) is 4.79 Å². The number of carbonyl (C=O) groups is 1. The molecule has 0 bridgehead atoms. The number of rotatable bonds is 2. The summed E-state index contributed by atoms with van der Waals surface area (Å²) in [5.74, 6) is -0.0277. The van der Waals surface area contributed by atoms with Crippen molar-refractivity contribution in [3.8, 4) is 0 Å². The van der Waals surface area contributed by atoms with Gasteiger partial charge >= 0.3 is 0 Å². The first-order valence-corrected chi connectivity index (χ1v) is 5.07. The molecular weight excluding hydrogens is 208 g/mol. The van der Waals surface area contributed by atoms with Gasteiger partial charge in [0.15, 0.2) is 0 Å². The molecule has 1 radical (unpaired) electrons. The zero-order chi connectivity index (χ0) is 11.5. The van der Waals surface area contributed by atoms with Gasteiger partial charge in [-0.3, -0.25) is 14.9 Å². The Morgan fingerprint density at radius 2 is 1.94 bits per heavy atom. The maximum absolute atomic E-state index is 11.6. The van der Waals surface area contributed by atoms with Crippen molar-refractivity contribution in [1.82, 2.24) is 0 Å². The predicted molar refractivity (Wildman–Crippen MR) is 59.0 cm³/mol. The van der Waals surface area contributed by atoms with E-state index in [2.05, 4.69) is 0 Å². The molecule has 0 N–H and O–H groups in total. The number of nitro benzene ring substituents is 1. The molecule has 1 heterocycles. The van der Waals surface area contributed by atoms with Crippen LogP contribution in [0.15, 0.2) is 24.3 Å². The van der Waals surface area contributed by atoms with E-state index in [1.54, 1.807) is 23.5 Å². The zero-order valence-electron chi connectivity index (χ0n) is 8.63. The van der Waals surface area contributed by atoms with Gasteiger partial charge in [0, 0.05) is 24.4 Å². The van der Waals surface area contributed by atoms with E-state index in [1.165, 1.54) is 12.1 Å². The van der Waals surface area contributed by atoms with Crippen molar-refractivity contribution in [2.24, 2.45) is 0 Å². The van der Waals surface area contributed by atoms with Crippen molar-refractivity contribution >= 4 is 17.3 Å². The molecule has 1 fully saturated rings. The number of benzene rings is 1. The van der Waals surface area contributed by atoms with Gasteiger partial charge in [-0.25, -0.2) is 0 Å². The third-order valence-corrected chi connectivity index (χ3v) is 2.54. The van der Waals surface area contributed by atoms with Crippen molar-refractivity contribution in [1.29, 1.82) is 0 Å². The Morgan fingerprint density at radius 3 is 2.50 bits per heavy atom. The molecule has 16 heavy (non-hydrogen) atoms. The highest BCUT2D eigenvalue weighted by Gasteiger charge is 2.20. The summed E-state index contributed by atoms with van der Waals surface area (Å²) in [5, 5.41) is 10.5. The van der Waals surface area contributed by atoms with Crippen LogP contribution >= 0.6 is 0 Å². The van der Waals surface area contributed by atoms with E-state index < -0.39 is 4.92 Å². The second-order valence-electron chi connectivity index (χ2n) is 3.61. The van der Waals surface area contributed by atoms with E-state index >= 15 is 0 Å². The summed E-state index contributed by atoms with van der Waals surface area (Å²) in [7, 11) is 0. The molecule has 0 aliphatic carbocycles. The van der Waals surface area contributed by atoms with Crippen LogP contribution in [0.25, 0.3) is 0 Å². The van der Waals surface area contributed by atoms with E-state index in [4.69, 9.17) is 0 Å². The smallest absolute Gasteiger partial charge is 0.269 e. The Hall–Kier alpha value is -1.91. The predicted octanol–water partition coefficient (Wildman–Crippen LogP) is 1.93. The lowest BCUT2D eigenvalue weighted by Crippen LogP contribution is -2.35. The molecular formula is C11H11N2O3. The molecule has 2 rings (SSSR count). The van der Waals surface area contributed by atoms with E-state index in [0.717, 1.165) is 12.8 Å². The number of hydrogen-bond donors (Lipinski definition) is 0. The number of carbonyl (C=O) groups excluding carboxylic acids is 1. The van der Waals surface area contributed by atoms with Gasteiger partial charge in [0.1, 0.15) is 0 Å². The second-order valence-corrected chi connectivity index (χ2v) is 3.61. The number of amides is 1. The van der Waals surface area contributed by atoms with Crippen LogP contribution in [0.2, 0.25) is 0 Å². The summed E-state index contributed by atoms with van der Waals surface area (Å²) in [6.45, 7) is 0.674. The van der Waals surface area contributed by atoms with E-state index in [9.17, 15) is 14.9 Å². The number of nitro groups is 1. The summed E-state index contributed by atoms with van der Waals surface area (Å²) in [6, 6.07) is 6.04. The van der Waals surface area contributed by atoms with Crippen LogP contribution in [0.3, 0.4) is 0 Å². The Balaban J connectivity index is 2.20. The van der Waals surface area contributed by atoms with Crippen LogP contribution in [0.4, 0.5) is 11.4 Å². The van der Waals surface area contributed by atoms with Gasteiger partial charge in [0.05, 0.1) is 11.3 Å². The first-order chi connectivity index (χ1) is 7.68. The number of nitrogens with zero attached hydrogens (tertiary/aromatic N) is 2. The lowest BCUT2D eigenvalue weighted by Gasteiger charge is -2.26. The first kappa shape index (κ1) is 10.6. The standard InChI is InChI=1S/C11H11N2O3/c14-11-3-1-2-8-12(11)9-4-6-10(7-5-9)13(15)16/h3-7H,1-2,8H2. The van der Waals surface area contributed by atoms with Crippen molar-refractivity contribution in [3.63, 3.8) is 0 Å². The number of non-ortho nitro benzene ring substituents is 1. The Labute approximate surface area is 92.8 Å². The maximum atomic E-state index is 11.6. The number of hydrogen-bond acceptors (Lipinski definition) is 3. The molecule has 1 amide bonds.